The highest BCUT2D eigenvalue weighted by Gasteiger charge is 2.36. The lowest BCUT2D eigenvalue weighted by Gasteiger charge is -2.34. The van der Waals surface area contributed by atoms with Crippen molar-refractivity contribution in [1.29, 1.82) is 0 Å². The fourth-order valence-corrected chi connectivity index (χ4v) is 5.45. The molecule has 226 valence electrons. The summed E-state index contributed by atoms with van der Waals surface area (Å²) < 4.78 is 66.7. The molecule has 2 amide bonds. The molecule has 13 heteroatoms. The molecule has 0 aromatic heterocycles. The third-order valence-corrected chi connectivity index (χ3v) is 7.89. The van der Waals surface area contributed by atoms with Crippen LogP contribution in [0.5, 0.6) is 0 Å². The summed E-state index contributed by atoms with van der Waals surface area (Å²) in [6.07, 6.45) is -3.95. The maximum Gasteiger partial charge on any atom is 0.416 e. The highest BCUT2D eigenvalue weighted by Crippen LogP contribution is 2.36. The van der Waals surface area contributed by atoms with E-state index in [-0.39, 0.29) is 24.0 Å². The first-order valence-corrected chi connectivity index (χ1v) is 15.4. The van der Waals surface area contributed by atoms with Gasteiger partial charge in [0.1, 0.15) is 12.6 Å². The molecule has 3 aromatic rings. The van der Waals surface area contributed by atoms with Gasteiger partial charge in [0.25, 0.3) is 0 Å². The van der Waals surface area contributed by atoms with Gasteiger partial charge in [0.05, 0.1) is 22.5 Å². The molecule has 0 aliphatic heterocycles. The maximum absolute atomic E-state index is 14.0. The Morgan fingerprint density at radius 2 is 1.55 bits per heavy atom. The van der Waals surface area contributed by atoms with Gasteiger partial charge >= 0.3 is 6.18 Å². The number of nitrogens with zero attached hydrogens (tertiary/aromatic N) is 2. The van der Waals surface area contributed by atoms with E-state index in [9.17, 15) is 31.2 Å². The van der Waals surface area contributed by atoms with Gasteiger partial charge in [0.15, 0.2) is 0 Å². The van der Waals surface area contributed by atoms with Crippen LogP contribution in [0.1, 0.15) is 30.5 Å². The summed E-state index contributed by atoms with van der Waals surface area (Å²) in [5.74, 6) is -1.32. The molecule has 0 saturated carbocycles. The van der Waals surface area contributed by atoms with E-state index in [1.165, 1.54) is 4.90 Å². The molecule has 7 nitrogen and oxygen atoms in total. The van der Waals surface area contributed by atoms with Crippen molar-refractivity contribution in [3.05, 3.63) is 99.5 Å². The van der Waals surface area contributed by atoms with Gasteiger partial charge < -0.3 is 10.2 Å². The Labute approximate surface area is 253 Å². The minimum absolute atomic E-state index is 0.0852. The second kappa shape index (κ2) is 13.8. The van der Waals surface area contributed by atoms with Gasteiger partial charge in [-0.25, -0.2) is 8.42 Å². The predicted molar refractivity (Wildman–Crippen MR) is 158 cm³/mol. The van der Waals surface area contributed by atoms with Gasteiger partial charge in [0, 0.05) is 24.0 Å². The molecular weight excluding hydrogens is 614 g/mol. The molecule has 0 bridgehead atoms. The second-order valence-electron chi connectivity index (χ2n) is 9.95. The smallest absolute Gasteiger partial charge is 0.352 e. The summed E-state index contributed by atoms with van der Waals surface area (Å²) in [7, 11) is -4.32. The van der Waals surface area contributed by atoms with E-state index >= 15 is 0 Å². The topological polar surface area (TPSA) is 86.8 Å². The number of carbonyl (C=O) groups is 2. The molecule has 0 aliphatic rings. The van der Waals surface area contributed by atoms with Gasteiger partial charge in [-0.3, -0.25) is 13.9 Å². The van der Waals surface area contributed by atoms with Crippen LogP contribution in [0.15, 0.2) is 72.8 Å². The summed E-state index contributed by atoms with van der Waals surface area (Å²) >= 11 is 12.2. The fourth-order valence-electron chi connectivity index (χ4n) is 4.20. The number of sulfonamides is 1. The van der Waals surface area contributed by atoms with Crippen molar-refractivity contribution < 1.29 is 31.2 Å². The van der Waals surface area contributed by atoms with Crippen LogP contribution >= 0.6 is 23.2 Å². The molecule has 1 N–H and O–H groups in total. The molecule has 0 fully saturated rings. The largest absolute Gasteiger partial charge is 0.416 e. The van der Waals surface area contributed by atoms with Crippen molar-refractivity contribution in [2.24, 2.45) is 0 Å². The first-order valence-electron chi connectivity index (χ1n) is 12.8. The average molecular weight is 645 g/mol. The van der Waals surface area contributed by atoms with Crippen LogP contribution in [-0.2, 0) is 38.8 Å². The van der Waals surface area contributed by atoms with Crippen LogP contribution < -0.4 is 9.62 Å². The van der Waals surface area contributed by atoms with E-state index < -0.39 is 51.9 Å². The SMILES string of the molecule is CC(C)NC(=O)C(Cc1ccccc1)N(Cc1ccc(Cl)cc1)C(=O)CN(c1cc(C(F)(F)F)ccc1Cl)S(C)(=O)=O. The van der Waals surface area contributed by atoms with Crippen LogP contribution in [0, 0.1) is 0 Å². The molecule has 0 spiro atoms. The molecule has 3 aromatic carbocycles. The van der Waals surface area contributed by atoms with Crippen molar-refractivity contribution >= 4 is 50.7 Å². The molecule has 0 heterocycles. The highest BCUT2D eigenvalue weighted by molar-refractivity contribution is 7.92. The average Bonchev–Trinajstić information content (AvgIpc) is 2.89. The Morgan fingerprint density at radius 3 is 2.10 bits per heavy atom. The fraction of sp³-hybridized carbons (Fsp3) is 0.310. The van der Waals surface area contributed by atoms with Crippen LogP contribution in [0.3, 0.4) is 0 Å². The van der Waals surface area contributed by atoms with Gasteiger partial charge in [-0.1, -0.05) is 65.7 Å². The van der Waals surface area contributed by atoms with E-state index in [2.05, 4.69) is 5.32 Å². The quantitative estimate of drug-likeness (QED) is 0.280. The normalized spacial score (nSPS) is 12.6. The summed E-state index contributed by atoms with van der Waals surface area (Å²) in [6, 6.07) is 16.3. The zero-order chi connectivity index (χ0) is 31.2. The Morgan fingerprint density at radius 1 is 0.929 bits per heavy atom. The van der Waals surface area contributed by atoms with Crippen molar-refractivity contribution in [3.8, 4) is 0 Å². The third kappa shape index (κ3) is 9.11. The summed E-state index contributed by atoms with van der Waals surface area (Å²) in [5.41, 5.74) is -0.332. The summed E-state index contributed by atoms with van der Waals surface area (Å²) in [4.78, 5) is 28.7. The molecule has 42 heavy (non-hydrogen) atoms. The van der Waals surface area contributed by atoms with Crippen LogP contribution in [0.4, 0.5) is 18.9 Å². The standard InChI is InChI=1S/C29H30Cl2F3N3O4S/c1-19(2)35-28(39)26(15-20-7-5-4-6-8-20)36(17-21-9-12-23(30)13-10-21)27(38)18-37(42(3,40)41)25-16-22(29(32,33)34)11-14-24(25)31/h4-14,16,19,26H,15,17-18H2,1-3H3,(H,35,39). The highest BCUT2D eigenvalue weighted by atomic mass is 35.5. The lowest BCUT2D eigenvalue weighted by molar-refractivity contribution is -0.140. The predicted octanol–water partition coefficient (Wildman–Crippen LogP) is 5.94. The number of nitrogens with one attached hydrogen (secondary N) is 1. The van der Waals surface area contributed by atoms with E-state index in [0.29, 0.717) is 27.0 Å². The maximum atomic E-state index is 14.0. The molecule has 0 aliphatic carbocycles. The molecule has 3 rings (SSSR count). The first kappa shape index (κ1) is 33.2. The van der Waals surface area contributed by atoms with Crippen molar-refractivity contribution in [2.75, 3.05) is 17.1 Å². The lowest BCUT2D eigenvalue weighted by atomic mass is 10.0. The number of carbonyl (C=O) groups excluding carboxylic acids is 2. The number of halogens is 5. The van der Waals surface area contributed by atoms with Crippen LogP contribution in [0.25, 0.3) is 0 Å². The number of alkyl halides is 3. The van der Waals surface area contributed by atoms with Crippen molar-refractivity contribution in [3.63, 3.8) is 0 Å². The lowest BCUT2D eigenvalue weighted by Crippen LogP contribution is -2.54. The third-order valence-electron chi connectivity index (χ3n) is 6.19. The number of anilines is 1. The van der Waals surface area contributed by atoms with E-state index in [1.54, 1.807) is 68.4 Å². The first-order chi connectivity index (χ1) is 19.6. The number of rotatable bonds is 11. The van der Waals surface area contributed by atoms with Crippen LogP contribution in [0.2, 0.25) is 10.0 Å². The molecule has 0 saturated heterocycles. The molecule has 0 radical (unpaired) electrons. The zero-order valence-corrected chi connectivity index (χ0v) is 25.4. The van der Waals surface area contributed by atoms with E-state index in [4.69, 9.17) is 23.2 Å². The number of amides is 2. The van der Waals surface area contributed by atoms with Crippen LogP contribution in [-0.4, -0.2) is 50.0 Å². The Balaban J connectivity index is 2.11. The van der Waals surface area contributed by atoms with Gasteiger partial charge in [-0.2, -0.15) is 13.2 Å². The number of benzene rings is 3. The minimum Gasteiger partial charge on any atom is -0.352 e. The molecular formula is C29H30Cl2F3N3O4S. The van der Waals surface area contributed by atoms with E-state index in [1.807, 2.05) is 0 Å². The second-order valence-corrected chi connectivity index (χ2v) is 12.7. The van der Waals surface area contributed by atoms with Gasteiger partial charge in [0.2, 0.25) is 21.8 Å². The summed E-state index contributed by atoms with van der Waals surface area (Å²) in [6.45, 7) is 2.48. The van der Waals surface area contributed by atoms with E-state index in [0.717, 1.165) is 17.9 Å². The number of hydrogen-bond acceptors (Lipinski definition) is 4. The van der Waals surface area contributed by atoms with Crippen molar-refractivity contribution in [2.45, 2.75) is 45.1 Å². The monoisotopic (exact) mass is 643 g/mol. The zero-order valence-electron chi connectivity index (χ0n) is 23.0. The Kier molecular flexibility index (Phi) is 10.9. The number of hydrogen-bond donors (Lipinski definition) is 1. The summed E-state index contributed by atoms with van der Waals surface area (Å²) in [5, 5.41) is 2.95. The Bertz CT molecular complexity index is 1500. The molecule has 1 unspecified atom stereocenters. The minimum atomic E-state index is -4.79. The Hall–Kier alpha value is -3.28. The van der Waals surface area contributed by atoms with Gasteiger partial charge in [-0.05, 0) is 55.3 Å². The van der Waals surface area contributed by atoms with Gasteiger partial charge in [-0.15, -0.1) is 0 Å². The molecule has 1 atom stereocenters. The van der Waals surface area contributed by atoms with Crippen molar-refractivity contribution in [1.82, 2.24) is 10.2 Å².